The van der Waals surface area contributed by atoms with Crippen molar-refractivity contribution in [1.82, 2.24) is 0 Å². The zero-order valence-corrected chi connectivity index (χ0v) is 8.72. The summed E-state index contributed by atoms with van der Waals surface area (Å²) < 4.78 is 27.3. The fourth-order valence-corrected chi connectivity index (χ4v) is 2.76. The second-order valence-corrected chi connectivity index (χ2v) is 5.42. The molecule has 0 bridgehead atoms. The van der Waals surface area contributed by atoms with Crippen LogP contribution in [-0.4, -0.2) is 26.9 Å². The molecule has 0 saturated heterocycles. The lowest BCUT2D eigenvalue weighted by Gasteiger charge is -2.12. The molecule has 4 nitrogen and oxygen atoms in total. The predicted octanol–water partition coefficient (Wildman–Crippen LogP) is 0.623. The molecule has 2 N–H and O–H groups in total. The Bertz CT molecular complexity index is 250. The SMILES string of the molecule is COC1CCCC(S(N)(=O)=O)CC1. The van der Waals surface area contributed by atoms with E-state index >= 15 is 0 Å². The molecule has 2 atom stereocenters. The number of nitrogens with two attached hydrogens (primary N) is 1. The van der Waals surface area contributed by atoms with Crippen LogP contribution in [0.25, 0.3) is 0 Å². The molecule has 1 saturated carbocycles. The van der Waals surface area contributed by atoms with Crippen LogP contribution in [0, 0.1) is 0 Å². The third kappa shape index (κ3) is 3.25. The van der Waals surface area contributed by atoms with E-state index in [2.05, 4.69) is 0 Å². The van der Waals surface area contributed by atoms with Crippen LogP contribution in [0.1, 0.15) is 32.1 Å². The topological polar surface area (TPSA) is 69.4 Å². The number of rotatable bonds is 2. The molecule has 0 aliphatic heterocycles. The van der Waals surface area contributed by atoms with Gasteiger partial charge in [0.15, 0.2) is 0 Å². The van der Waals surface area contributed by atoms with Crippen LogP contribution < -0.4 is 5.14 Å². The Kier molecular flexibility index (Phi) is 3.70. The van der Waals surface area contributed by atoms with Crippen LogP contribution in [-0.2, 0) is 14.8 Å². The Hall–Kier alpha value is -0.130. The van der Waals surface area contributed by atoms with Gasteiger partial charge in [-0.05, 0) is 32.1 Å². The Morgan fingerprint density at radius 2 is 1.92 bits per heavy atom. The molecule has 1 aliphatic rings. The van der Waals surface area contributed by atoms with Crippen molar-refractivity contribution in [3.05, 3.63) is 0 Å². The van der Waals surface area contributed by atoms with E-state index in [4.69, 9.17) is 9.88 Å². The number of sulfonamides is 1. The van der Waals surface area contributed by atoms with E-state index in [1.165, 1.54) is 0 Å². The predicted molar refractivity (Wildman–Crippen MR) is 50.8 cm³/mol. The van der Waals surface area contributed by atoms with E-state index in [0.29, 0.717) is 12.8 Å². The van der Waals surface area contributed by atoms with Gasteiger partial charge < -0.3 is 4.74 Å². The zero-order chi connectivity index (χ0) is 9.90. The van der Waals surface area contributed by atoms with E-state index < -0.39 is 10.0 Å². The summed E-state index contributed by atoms with van der Waals surface area (Å²) in [5.74, 6) is 0. The van der Waals surface area contributed by atoms with Crippen LogP contribution in [0.15, 0.2) is 0 Å². The Balaban J connectivity index is 2.55. The summed E-state index contributed by atoms with van der Waals surface area (Å²) in [6.45, 7) is 0. The second kappa shape index (κ2) is 4.39. The van der Waals surface area contributed by atoms with E-state index in [1.807, 2.05) is 0 Å². The van der Waals surface area contributed by atoms with Crippen molar-refractivity contribution in [2.75, 3.05) is 7.11 Å². The van der Waals surface area contributed by atoms with Crippen molar-refractivity contribution < 1.29 is 13.2 Å². The van der Waals surface area contributed by atoms with Crippen molar-refractivity contribution in [3.8, 4) is 0 Å². The van der Waals surface area contributed by atoms with Gasteiger partial charge in [-0.3, -0.25) is 0 Å². The minimum atomic E-state index is -3.34. The number of primary sulfonamides is 1. The standard InChI is InChI=1S/C8H17NO3S/c1-12-7-3-2-4-8(6-5-7)13(9,10)11/h7-8H,2-6H2,1H3,(H2,9,10,11). The normalized spacial score (nSPS) is 31.2. The highest BCUT2D eigenvalue weighted by Crippen LogP contribution is 2.23. The smallest absolute Gasteiger partial charge is 0.211 e. The van der Waals surface area contributed by atoms with Gasteiger partial charge in [0, 0.05) is 7.11 Å². The van der Waals surface area contributed by atoms with Gasteiger partial charge in [-0.15, -0.1) is 0 Å². The van der Waals surface area contributed by atoms with Gasteiger partial charge in [0.1, 0.15) is 0 Å². The minimum absolute atomic E-state index is 0.215. The molecular weight excluding hydrogens is 190 g/mol. The van der Waals surface area contributed by atoms with Crippen molar-refractivity contribution in [1.29, 1.82) is 0 Å². The Morgan fingerprint density at radius 3 is 2.46 bits per heavy atom. The van der Waals surface area contributed by atoms with Crippen molar-refractivity contribution in [2.45, 2.75) is 43.5 Å². The van der Waals surface area contributed by atoms with Gasteiger partial charge in [-0.2, -0.15) is 0 Å². The second-order valence-electron chi connectivity index (χ2n) is 3.58. The van der Waals surface area contributed by atoms with Crippen molar-refractivity contribution in [3.63, 3.8) is 0 Å². The first-order valence-corrected chi connectivity index (χ1v) is 6.19. The highest BCUT2D eigenvalue weighted by Gasteiger charge is 2.25. The summed E-state index contributed by atoms with van der Waals surface area (Å²) in [6, 6.07) is 0. The Morgan fingerprint density at radius 1 is 1.23 bits per heavy atom. The van der Waals surface area contributed by atoms with Crippen molar-refractivity contribution in [2.24, 2.45) is 5.14 Å². The zero-order valence-electron chi connectivity index (χ0n) is 7.90. The summed E-state index contributed by atoms with van der Waals surface area (Å²) in [5, 5.41) is 4.74. The van der Waals surface area contributed by atoms with Crippen LogP contribution in [0.5, 0.6) is 0 Å². The summed E-state index contributed by atoms with van der Waals surface area (Å²) in [5.41, 5.74) is 0. The first-order valence-electron chi connectivity index (χ1n) is 4.58. The number of hydrogen-bond acceptors (Lipinski definition) is 3. The molecule has 13 heavy (non-hydrogen) atoms. The first kappa shape index (κ1) is 10.9. The minimum Gasteiger partial charge on any atom is -0.381 e. The number of ether oxygens (including phenoxy) is 1. The summed E-state index contributed by atoms with van der Waals surface area (Å²) in [7, 11) is -1.67. The lowest BCUT2D eigenvalue weighted by molar-refractivity contribution is 0.0901. The Labute approximate surface area is 79.5 Å². The summed E-state index contributed by atoms with van der Waals surface area (Å²) in [6.07, 6.45) is 4.17. The molecule has 78 valence electrons. The molecule has 0 radical (unpaired) electrons. The summed E-state index contributed by atoms with van der Waals surface area (Å²) >= 11 is 0. The summed E-state index contributed by atoms with van der Waals surface area (Å²) in [4.78, 5) is 0. The fourth-order valence-electron chi connectivity index (χ4n) is 1.80. The largest absolute Gasteiger partial charge is 0.381 e. The molecule has 0 spiro atoms. The average molecular weight is 207 g/mol. The van der Waals surface area contributed by atoms with Crippen LogP contribution in [0.3, 0.4) is 0 Å². The van der Waals surface area contributed by atoms with Gasteiger partial charge in [0.05, 0.1) is 11.4 Å². The fraction of sp³-hybridized carbons (Fsp3) is 1.00. The lowest BCUT2D eigenvalue weighted by Crippen LogP contribution is -2.28. The van der Waals surface area contributed by atoms with Gasteiger partial charge in [0.2, 0.25) is 10.0 Å². The lowest BCUT2D eigenvalue weighted by atomic mass is 10.2. The molecular formula is C8H17NO3S. The monoisotopic (exact) mass is 207 g/mol. The van der Waals surface area contributed by atoms with Gasteiger partial charge >= 0.3 is 0 Å². The maximum atomic E-state index is 11.1. The maximum absolute atomic E-state index is 11.1. The molecule has 0 amide bonds. The quantitative estimate of drug-likeness (QED) is 0.675. The molecule has 0 heterocycles. The van der Waals surface area contributed by atoms with Gasteiger partial charge in [-0.25, -0.2) is 13.6 Å². The van der Waals surface area contributed by atoms with Gasteiger partial charge in [-0.1, -0.05) is 0 Å². The third-order valence-electron chi connectivity index (χ3n) is 2.66. The van der Waals surface area contributed by atoms with E-state index in [0.717, 1.165) is 19.3 Å². The molecule has 1 aliphatic carbocycles. The van der Waals surface area contributed by atoms with Crippen molar-refractivity contribution >= 4 is 10.0 Å². The maximum Gasteiger partial charge on any atom is 0.211 e. The highest BCUT2D eigenvalue weighted by molar-refractivity contribution is 7.89. The molecule has 0 aromatic carbocycles. The molecule has 0 aromatic heterocycles. The van der Waals surface area contributed by atoms with Crippen LogP contribution in [0.2, 0.25) is 0 Å². The number of hydrogen-bond donors (Lipinski definition) is 1. The van der Waals surface area contributed by atoms with E-state index in [9.17, 15) is 8.42 Å². The van der Waals surface area contributed by atoms with E-state index in [-0.39, 0.29) is 11.4 Å². The number of methoxy groups -OCH3 is 1. The molecule has 1 rings (SSSR count). The molecule has 2 unspecified atom stereocenters. The molecule has 0 aromatic rings. The third-order valence-corrected chi connectivity index (χ3v) is 4.06. The highest BCUT2D eigenvalue weighted by atomic mass is 32.2. The molecule has 5 heteroatoms. The van der Waals surface area contributed by atoms with Gasteiger partial charge in [0.25, 0.3) is 0 Å². The molecule has 1 fully saturated rings. The van der Waals surface area contributed by atoms with E-state index in [1.54, 1.807) is 7.11 Å². The first-order chi connectivity index (χ1) is 6.04. The average Bonchev–Trinajstić information content (AvgIpc) is 2.26. The van der Waals surface area contributed by atoms with Crippen LogP contribution >= 0.6 is 0 Å². The van der Waals surface area contributed by atoms with Crippen LogP contribution in [0.4, 0.5) is 0 Å².